The van der Waals surface area contributed by atoms with Crippen molar-refractivity contribution in [2.45, 2.75) is 24.6 Å². The van der Waals surface area contributed by atoms with Crippen LogP contribution >= 0.6 is 0 Å². The second-order valence-corrected chi connectivity index (χ2v) is 8.23. The first kappa shape index (κ1) is 21.7. The van der Waals surface area contributed by atoms with E-state index in [4.69, 9.17) is 4.42 Å². The molecule has 160 valence electrons. The maximum atomic E-state index is 12.9. The molecule has 0 unspecified atom stereocenters. The number of hydrogen-bond donors (Lipinski definition) is 0. The molecule has 0 fully saturated rings. The lowest BCUT2D eigenvalue weighted by atomic mass is 10.1. The minimum absolute atomic E-state index is 0.241. The molecule has 0 saturated carbocycles. The van der Waals surface area contributed by atoms with Gasteiger partial charge in [-0.3, -0.25) is 9.78 Å². The standard InChI is InChI=1S/C18H12F5NO5S/c1-2-30(26,27)14-6-10(29-17(19)20)7-24-15(14)12-8-28-13-5-9(18(21,22)23)3-4-11(13)16(12)25/h3-8,17H,2H2,1H3. The summed E-state index contributed by atoms with van der Waals surface area (Å²) < 4.78 is 97.6. The highest BCUT2D eigenvalue weighted by atomic mass is 32.2. The minimum atomic E-state index is -4.66. The molecule has 1 aromatic carbocycles. The molecule has 0 amide bonds. The van der Waals surface area contributed by atoms with Gasteiger partial charge in [0, 0.05) is 6.07 Å². The molecule has 0 spiro atoms. The molecule has 30 heavy (non-hydrogen) atoms. The van der Waals surface area contributed by atoms with Crippen molar-refractivity contribution in [2.24, 2.45) is 0 Å². The maximum absolute atomic E-state index is 12.9. The van der Waals surface area contributed by atoms with E-state index in [2.05, 4.69) is 9.72 Å². The SMILES string of the molecule is CCS(=O)(=O)c1cc(OC(F)F)cnc1-c1coc2cc(C(F)(F)F)ccc2c1=O. The fourth-order valence-electron chi connectivity index (χ4n) is 2.66. The van der Waals surface area contributed by atoms with Gasteiger partial charge in [-0.15, -0.1) is 0 Å². The van der Waals surface area contributed by atoms with E-state index in [1.165, 1.54) is 6.92 Å². The van der Waals surface area contributed by atoms with Crippen LogP contribution in [-0.2, 0) is 16.0 Å². The molecule has 0 saturated heterocycles. The third-order valence-corrected chi connectivity index (χ3v) is 5.87. The second-order valence-electron chi connectivity index (χ2n) is 5.99. The molecule has 2 aromatic heterocycles. The van der Waals surface area contributed by atoms with Crippen LogP contribution < -0.4 is 10.2 Å². The monoisotopic (exact) mass is 449 g/mol. The molecule has 3 aromatic rings. The Morgan fingerprint density at radius 1 is 1.20 bits per heavy atom. The molecule has 0 radical (unpaired) electrons. The maximum Gasteiger partial charge on any atom is 0.416 e. The fourth-order valence-corrected chi connectivity index (χ4v) is 3.72. The molecule has 0 bridgehead atoms. The Labute approximate surface area is 165 Å². The molecule has 6 nitrogen and oxygen atoms in total. The molecule has 2 heterocycles. The number of pyridine rings is 1. The van der Waals surface area contributed by atoms with Crippen molar-refractivity contribution in [1.82, 2.24) is 4.98 Å². The highest BCUT2D eigenvalue weighted by Gasteiger charge is 2.31. The largest absolute Gasteiger partial charge is 0.463 e. The highest BCUT2D eigenvalue weighted by Crippen LogP contribution is 2.33. The molecule has 0 N–H and O–H groups in total. The summed E-state index contributed by atoms with van der Waals surface area (Å²) in [5, 5.41) is -0.241. The van der Waals surface area contributed by atoms with Crippen LogP contribution in [0.4, 0.5) is 22.0 Å². The van der Waals surface area contributed by atoms with Gasteiger partial charge in [-0.1, -0.05) is 6.92 Å². The Hall–Kier alpha value is -3.02. The van der Waals surface area contributed by atoms with Gasteiger partial charge in [0.05, 0.1) is 39.1 Å². The Bertz CT molecular complexity index is 1270. The van der Waals surface area contributed by atoms with Crippen LogP contribution in [0.25, 0.3) is 22.2 Å². The van der Waals surface area contributed by atoms with E-state index in [1.807, 2.05) is 0 Å². The lowest BCUT2D eigenvalue weighted by Crippen LogP contribution is -2.13. The zero-order chi connectivity index (χ0) is 22.3. The molecule has 0 aliphatic rings. The topological polar surface area (TPSA) is 86.5 Å². The highest BCUT2D eigenvalue weighted by molar-refractivity contribution is 7.91. The predicted molar refractivity (Wildman–Crippen MR) is 95.1 cm³/mol. The van der Waals surface area contributed by atoms with Gasteiger partial charge < -0.3 is 9.15 Å². The van der Waals surface area contributed by atoms with Gasteiger partial charge in [0.25, 0.3) is 0 Å². The zero-order valence-corrected chi connectivity index (χ0v) is 15.9. The average Bonchev–Trinajstić information content (AvgIpc) is 2.67. The van der Waals surface area contributed by atoms with E-state index in [0.29, 0.717) is 12.1 Å². The zero-order valence-electron chi connectivity index (χ0n) is 15.0. The molecule has 0 aliphatic heterocycles. The number of rotatable bonds is 5. The summed E-state index contributed by atoms with van der Waals surface area (Å²) >= 11 is 0. The summed E-state index contributed by atoms with van der Waals surface area (Å²) in [5.74, 6) is -0.978. The summed E-state index contributed by atoms with van der Waals surface area (Å²) in [4.78, 5) is 16.0. The number of benzene rings is 1. The number of halogens is 5. The van der Waals surface area contributed by atoms with E-state index in [-0.39, 0.29) is 16.5 Å². The number of hydrogen-bond acceptors (Lipinski definition) is 6. The van der Waals surface area contributed by atoms with Crippen LogP contribution in [0.15, 0.2) is 50.8 Å². The average molecular weight is 449 g/mol. The fraction of sp³-hybridized carbons (Fsp3) is 0.222. The van der Waals surface area contributed by atoms with E-state index in [0.717, 1.165) is 24.6 Å². The summed E-state index contributed by atoms with van der Waals surface area (Å²) in [6.07, 6.45) is -3.09. The van der Waals surface area contributed by atoms with E-state index >= 15 is 0 Å². The Balaban J connectivity index is 2.24. The van der Waals surface area contributed by atoms with Crippen molar-refractivity contribution >= 4 is 20.8 Å². The van der Waals surface area contributed by atoms with Gasteiger partial charge in [0.15, 0.2) is 9.84 Å². The molecular formula is C18H12F5NO5S. The van der Waals surface area contributed by atoms with Crippen LogP contribution in [0.2, 0.25) is 0 Å². The van der Waals surface area contributed by atoms with Crippen LogP contribution in [0.1, 0.15) is 12.5 Å². The van der Waals surface area contributed by atoms with Gasteiger partial charge in [0.1, 0.15) is 17.6 Å². The third-order valence-electron chi connectivity index (χ3n) is 4.12. The summed E-state index contributed by atoms with van der Waals surface area (Å²) in [6.45, 7) is -1.94. The number of alkyl halides is 5. The van der Waals surface area contributed by atoms with Crippen molar-refractivity contribution in [3.05, 3.63) is 52.5 Å². The third kappa shape index (κ3) is 4.13. The Morgan fingerprint density at radius 2 is 1.90 bits per heavy atom. The smallest absolute Gasteiger partial charge is 0.416 e. The van der Waals surface area contributed by atoms with Crippen LogP contribution in [0, 0.1) is 0 Å². The minimum Gasteiger partial charge on any atom is -0.463 e. The number of fused-ring (bicyclic) bond motifs is 1. The van der Waals surface area contributed by atoms with Crippen LogP contribution in [-0.4, -0.2) is 25.8 Å². The van der Waals surface area contributed by atoms with Crippen molar-refractivity contribution < 1.29 is 39.5 Å². The van der Waals surface area contributed by atoms with E-state index in [1.54, 1.807) is 0 Å². The van der Waals surface area contributed by atoms with Gasteiger partial charge >= 0.3 is 12.8 Å². The first-order valence-electron chi connectivity index (χ1n) is 8.24. The van der Waals surface area contributed by atoms with Gasteiger partial charge in [0.2, 0.25) is 5.43 Å². The Kier molecular flexibility index (Phi) is 5.54. The molecule has 12 heteroatoms. The van der Waals surface area contributed by atoms with Crippen molar-refractivity contribution in [3.63, 3.8) is 0 Å². The molecule has 0 aliphatic carbocycles. The number of ether oxygens (including phenoxy) is 1. The van der Waals surface area contributed by atoms with Gasteiger partial charge in [-0.05, 0) is 18.2 Å². The lowest BCUT2D eigenvalue weighted by Gasteiger charge is -2.12. The first-order valence-corrected chi connectivity index (χ1v) is 9.90. The van der Waals surface area contributed by atoms with Crippen LogP contribution in [0.3, 0.4) is 0 Å². The quantitative estimate of drug-likeness (QED) is 0.541. The first-order chi connectivity index (χ1) is 13.9. The normalized spacial score (nSPS) is 12.5. The molecule has 3 rings (SSSR count). The Morgan fingerprint density at radius 3 is 2.50 bits per heavy atom. The van der Waals surface area contributed by atoms with E-state index in [9.17, 15) is 35.2 Å². The van der Waals surface area contributed by atoms with Crippen LogP contribution in [0.5, 0.6) is 5.75 Å². The van der Waals surface area contributed by atoms with Crippen molar-refractivity contribution in [3.8, 4) is 17.0 Å². The number of nitrogens with zero attached hydrogens (tertiary/aromatic N) is 1. The van der Waals surface area contributed by atoms with E-state index < -0.39 is 55.7 Å². The number of sulfone groups is 1. The predicted octanol–water partition coefficient (Wildman–Crippen LogP) is 4.27. The lowest BCUT2D eigenvalue weighted by molar-refractivity contribution is -0.137. The van der Waals surface area contributed by atoms with Gasteiger partial charge in [-0.25, -0.2) is 8.42 Å². The number of aromatic nitrogens is 1. The summed E-state index contributed by atoms with van der Waals surface area (Å²) in [6, 6.07) is 3.01. The van der Waals surface area contributed by atoms with Crippen molar-refractivity contribution in [1.29, 1.82) is 0 Å². The summed E-state index contributed by atoms with van der Waals surface area (Å²) in [7, 11) is -4.05. The molecule has 0 atom stereocenters. The summed E-state index contributed by atoms with van der Waals surface area (Å²) in [5.41, 5.74) is -3.00. The van der Waals surface area contributed by atoms with Crippen molar-refractivity contribution in [2.75, 3.05) is 5.75 Å². The molecular weight excluding hydrogens is 437 g/mol. The van der Waals surface area contributed by atoms with Gasteiger partial charge in [-0.2, -0.15) is 22.0 Å². The second kappa shape index (κ2) is 7.67.